The van der Waals surface area contributed by atoms with Crippen molar-refractivity contribution in [3.05, 3.63) is 17.5 Å². The number of nitrogens with two attached hydrogens (primary N) is 1. The van der Waals surface area contributed by atoms with Crippen LogP contribution in [0.1, 0.15) is 20.3 Å². The second kappa shape index (κ2) is 4.80. The van der Waals surface area contributed by atoms with E-state index >= 15 is 0 Å². The Morgan fingerprint density at radius 2 is 2.21 bits per heavy atom. The second-order valence-electron chi connectivity index (χ2n) is 4.51. The third-order valence-corrected chi connectivity index (χ3v) is 3.35. The van der Waals surface area contributed by atoms with Gasteiger partial charge in [-0.25, -0.2) is 0 Å². The normalized spacial score (nSPS) is 11.7. The predicted molar refractivity (Wildman–Crippen MR) is 65.0 cm³/mol. The number of nitrogens with zero attached hydrogens (tertiary/aromatic N) is 1. The van der Waals surface area contributed by atoms with E-state index in [-0.39, 0.29) is 0 Å². The minimum atomic E-state index is 0.299. The molecule has 0 aliphatic carbocycles. The average molecular weight is 212 g/mol. The van der Waals surface area contributed by atoms with Gasteiger partial charge < -0.3 is 10.6 Å². The molecule has 0 saturated heterocycles. The first kappa shape index (κ1) is 11.5. The maximum absolute atomic E-state index is 5.59. The third kappa shape index (κ3) is 3.31. The van der Waals surface area contributed by atoms with Crippen molar-refractivity contribution in [2.24, 2.45) is 11.1 Å². The largest absolute Gasteiger partial charge is 0.366 e. The summed E-state index contributed by atoms with van der Waals surface area (Å²) in [7, 11) is 2.14. The Morgan fingerprint density at radius 3 is 2.71 bits per heavy atom. The fraction of sp³-hybridized carbons (Fsp3) is 0.636. The molecule has 0 radical (unpaired) electrons. The quantitative estimate of drug-likeness (QED) is 0.813. The van der Waals surface area contributed by atoms with Crippen molar-refractivity contribution in [3.63, 3.8) is 0 Å². The molecule has 1 aromatic heterocycles. The molecule has 80 valence electrons. The summed E-state index contributed by atoms with van der Waals surface area (Å²) in [5.41, 5.74) is 5.89. The van der Waals surface area contributed by atoms with Crippen LogP contribution in [0.3, 0.4) is 0 Å². The van der Waals surface area contributed by atoms with Crippen LogP contribution in [0.4, 0.5) is 5.00 Å². The molecule has 1 heterocycles. The highest BCUT2D eigenvalue weighted by Crippen LogP contribution is 2.26. The van der Waals surface area contributed by atoms with Crippen LogP contribution in [-0.4, -0.2) is 20.1 Å². The molecule has 0 aromatic carbocycles. The molecule has 1 rings (SSSR count). The molecule has 0 fully saturated rings. The van der Waals surface area contributed by atoms with Crippen LogP contribution >= 0.6 is 11.3 Å². The summed E-state index contributed by atoms with van der Waals surface area (Å²) in [5, 5.41) is 3.44. The zero-order valence-corrected chi connectivity index (χ0v) is 10.1. The minimum Gasteiger partial charge on any atom is -0.366 e. The van der Waals surface area contributed by atoms with E-state index in [1.165, 1.54) is 5.00 Å². The van der Waals surface area contributed by atoms with Gasteiger partial charge in [0.2, 0.25) is 0 Å². The molecular weight excluding hydrogens is 192 g/mol. The molecule has 3 heteroatoms. The van der Waals surface area contributed by atoms with E-state index in [4.69, 9.17) is 5.73 Å². The molecule has 2 N–H and O–H groups in total. The lowest BCUT2D eigenvalue weighted by atomic mass is 9.89. The molecule has 0 aliphatic heterocycles. The first-order valence-electron chi connectivity index (χ1n) is 5.00. The zero-order chi connectivity index (χ0) is 10.6. The summed E-state index contributed by atoms with van der Waals surface area (Å²) >= 11 is 1.78. The maximum Gasteiger partial charge on any atom is 0.0906 e. The zero-order valence-electron chi connectivity index (χ0n) is 9.29. The highest BCUT2D eigenvalue weighted by Gasteiger charge is 2.19. The lowest BCUT2D eigenvalue weighted by Gasteiger charge is -2.30. The van der Waals surface area contributed by atoms with Gasteiger partial charge in [-0.2, -0.15) is 0 Å². The number of anilines is 1. The van der Waals surface area contributed by atoms with E-state index in [9.17, 15) is 0 Å². The third-order valence-electron chi connectivity index (χ3n) is 2.37. The molecule has 0 saturated carbocycles. The maximum atomic E-state index is 5.59. The Kier molecular flexibility index (Phi) is 3.96. The van der Waals surface area contributed by atoms with Crippen LogP contribution in [0.15, 0.2) is 17.5 Å². The van der Waals surface area contributed by atoms with Crippen molar-refractivity contribution >= 4 is 16.3 Å². The molecule has 2 nitrogen and oxygen atoms in total. The molecule has 0 unspecified atom stereocenters. The summed E-state index contributed by atoms with van der Waals surface area (Å²) in [6.07, 6.45) is 1.07. The van der Waals surface area contributed by atoms with Gasteiger partial charge in [-0.15, -0.1) is 11.3 Å². The fourth-order valence-electron chi connectivity index (χ4n) is 1.68. The summed E-state index contributed by atoms with van der Waals surface area (Å²) in [6.45, 7) is 6.37. The molecule has 0 amide bonds. The number of hydrogen-bond acceptors (Lipinski definition) is 3. The lowest BCUT2D eigenvalue weighted by Crippen LogP contribution is -2.32. The molecule has 14 heavy (non-hydrogen) atoms. The van der Waals surface area contributed by atoms with E-state index in [0.717, 1.165) is 19.5 Å². The van der Waals surface area contributed by atoms with E-state index in [0.29, 0.717) is 5.41 Å². The minimum absolute atomic E-state index is 0.299. The van der Waals surface area contributed by atoms with Gasteiger partial charge in [-0.3, -0.25) is 0 Å². The molecule has 0 atom stereocenters. The van der Waals surface area contributed by atoms with Gasteiger partial charge >= 0.3 is 0 Å². The monoisotopic (exact) mass is 212 g/mol. The Balaban J connectivity index is 2.52. The van der Waals surface area contributed by atoms with Crippen molar-refractivity contribution in [2.45, 2.75) is 20.3 Å². The standard InChI is InChI=1S/C11H20N2S/c1-11(2,6-7-12)9-13(3)10-5-4-8-14-10/h4-5,8H,6-7,9,12H2,1-3H3. The van der Waals surface area contributed by atoms with Gasteiger partial charge in [-0.05, 0) is 35.9 Å². The van der Waals surface area contributed by atoms with Crippen molar-refractivity contribution in [2.75, 3.05) is 25.0 Å². The Hall–Kier alpha value is -0.540. The SMILES string of the molecule is CN(CC(C)(C)CCN)c1cccs1. The molecule has 0 aliphatic rings. The first-order valence-corrected chi connectivity index (χ1v) is 5.88. The van der Waals surface area contributed by atoms with E-state index in [1.807, 2.05) is 0 Å². The van der Waals surface area contributed by atoms with Crippen molar-refractivity contribution < 1.29 is 0 Å². The van der Waals surface area contributed by atoms with Gasteiger partial charge in [0.05, 0.1) is 5.00 Å². The number of rotatable bonds is 5. The van der Waals surface area contributed by atoms with Crippen LogP contribution in [-0.2, 0) is 0 Å². The van der Waals surface area contributed by atoms with Gasteiger partial charge in [0.25, 0.3) is 0 Å². The Morgan fingerprint density at radius 1 is 1.50 bits per heavy atom. The van der Waals surface area contributed by atoms with E-state index in [2.05, 4.69) is 43.3 Å². The predicted octanol–water partition coefficient (Wildman–Crippen LogP) is 2.56. The van der Waals surface area contributed by atoms with Crippen LogP contribution < -0.4 is 10.6 Å². The highest BCUT2D eigenvalue weighted by molar-refractivity contribution is 7.14. The average Bonchev–Trinajstić information content (AvgIpc) is 2.53. The summed E-state index contributed by atoms with van der Waals surface area (Å²) in [4.78, 5) is 2.31. The van der Waals surface area contributed by atoms with Crippen molar-refractivity contribution in [1.29, 1.82) is 0 Å². The van der Waals surface area contributed by atoms with Crippen molar-refractivity contribution in [3.8, 4) is 0 Å². The summed E-state index contributed by atoms with van der Waals surface area (Å²) in [6, 6.07) is 4.25. The summed E-state index contributed by atoms with van der Waals surface area (Å²) in [5.74, 6) is 0. The van der Waals surface area contributed by atoms with E-state index in [1.54, 1.807) is 11.3 Å². The van der Waals surface area contributed by atoms with Gasteiger partial charge in [0.1, 0.15) is 0 Å². The highest BCUT2D eigenvalue weighted by atomic mass is 32.1. The number of thiophene rings is 1. The lowest BCUT2D eigenvalue weighted by molar-refractivity contribution is 0.348. The van der Waals surface area contributed by atoms with Crippen LogP contribution in [0.25, 0.3) is 0 Å². The molecular formula is C11H20N2S. The topological polar surface area (TPSA) is 29.3 Å². The summed E-state index contributed by atoms with van der Waals surface area (Å²) < 4.78 is 0. The van der Waals surface area contributed by atoms with Gasteiger partial charge in [-0.1, -0.05) is 13.8 Å². The van der Waals surface area contributed by atoms with Crippen molar-refractivity contribution in [1.82, 2.24) is 0 Å². The van der Waals surface area contributed by atoms with Crippen LogP contribution in [0.5, 0.6) is 0 Å². The fourth-order valence-corrected chi connectivity index (χ4v) is 2.38. The Labute approximate surface area is 90.7 Å². The van der Waals surface area contributed by atoms with Crippen LogP contribution in [0.2, 0.25) is 0 Å². The Bertz CT molecular complexity index is 254. The van der Waals surface area contributed by atoms with Gasteiger partial charge in [0, 0.05) is 13.6 Å². The smallest absolute Gasteiger partial charge is 0.0906 e. The molecule has 0 spiro atoms. The van der Waals surface area contributed by atoms with Gasteiger partial charge in [0.15, 0.2) is 0 Å². The number of hydrogen-bond donors (Lipinski definition) is 1. The van der Waals surface area contributed by atoms with Crippen LogP contribution in [0, 0.1) is 5.41 Å². The molecule has 1 aromatic rings. The second-order valence-corrected chi connectivity index (χ2v) is 5.44. The first-order chi connectivity index (χ1) is 6.55. The molecule has 0 bridgehead atoms. The van der Waals surface area contributed by atoms with E-state index < -0.39 is 0 Å².